The zero-order valence-corrected chi connectivity index (χ0v) is 13.5. The van der Waals surface area contributed by atoms with E-state index < -0.39 is 17.5 Å². The van der Waals surface area contributed by atoms with Gasteiger partial charge in [-0.3, -0.25) is 0 Å². The number of rotatable bonds is 5. The molecule has 112 valence electrons. The number of anilines is 1. The van der Waals surface area contributed by atoms with E-state index in [0.29, 0.717) is 11.4 Å². The zero-order valence-electron chi connectivity index (χ0n) is 11.8. The Kier molecular flexibility index (Phi) is 5.85. The van der Waals surface area contributed by atoms with Crippen LogP contribution >= 0.6 is 0 Å². The maximum absolute atomic E-state index is 12.0. The third-order valence-corrected chi connectivity index (χ3v) is 4.13. The van der Waals surface area contributed by atoms with Gasteiger partial charge in [-0.25, -0.2) is 0 Å². The summed E-state index contributed by atoms with van der Waals surface area (Å²) in [6, 6.07) is 3.56. The predicted octanol–water partition coefficient (Wildman–Crippen LogP) is -0.417. The topological polar surface area (TPSA) is 112 Å². The van der Waals surface area contributed by atoms with Crippen LogP contribution in [0.1, 0.15) is 19.5 Å². The van der Waals surface area contributed by atoms with Crippen molar-refractivity contribution in [3.05, 3.63) is 18.0 Å². The van der Waals surface area contributed by atoms with Crippen molar-refractivity contribution in [3.63, 3.8) is 0 Å². The molecule has 1 unspecified atom stereocenters. The normalized spacial score (nSPS) is 12.9. The van der Waals surface area contributed by atoms with E-state index in [4.69, 9.17) is 5.26 Å². The molecule has 0 spiro atoms. The molecule has 0 radical (unpaired) electrons. The Bertz CT molecular complexity index is 596. The van der Waals surface area contributed by atoms with Gasteiger partial charge in [-0.2, -0.15) is 0 Å². The van der Waals surface area contributed by atoms with Crippen molar-refractivity contribution in [1.82, 2.24) is 4.98 Å². The average molecular weight is 356 g/mol. The summed E-state index contributed by atoms with van der Waals surface area (Å²) in [6.07, 6.45) is 1.30. The maximum atomic E-state index is 12.0. The van der Waals surface area contributed by atoms with Gasteiger partial charge in [0.15, 0.2) is 0 Å². The second kappa shape index (κ2) is 7.18. The second-order valence-corrected chi connectivity index (χ2v) is 5.91. The van der Waals surface area contributed by atoms with Crippen molar-refractivity contribution in [2.75, 3.05) is 11.9 Å². The summed E-state index contributed by atoms with van der Waals surface area (Å²) in [4.78, 5) is 27.4. The van der Waals surface area contributed by atoms with Gasteiger partial charge in [0, 0.05) is 0 Å². The number of ether oxygens (including phenoxy) is 1. The fourth-order valence-electron chi connectivity index (χ4n) is 1.37. The number of amides is 1. The van der Waals surface area contributed by atoms with Gasteiger partial charge in [0.25, 0.3) is 0 Å². The number of hydrogen-bond donors (Lipinski definition) is 2. The number of pyridine rings is 1. The Morgan fingerprint density at radius 2 is 2.29 bits per heavy atom. The van der Waals surface area contributed by atoms with Gasteiger partial charge in [-0.05, 0) is 0 Å². The average Bonchev–Trinajstić information content (AvgIpc) is 2.47. The minimum absolute atomic E-state index is 0.0163. The molecule has 8 heteroatoms. The molecule has 0 fully saturated rings. The van der Waals surface area contributed by atoms with E-state index in [2.05, 4.69) is 15.0 Å². The van der Waals surface area contributed by atoms with Crippen LogP contribution in [0.5, 0.6) is 0 Å². The number of hydrogen-bond acceptors (Lipinski definition) is 6. The standard InChI is InChI=1S/C13H15N3O4Se/c1-4-20-12(18)13(2,19)11(17)16-8-5-10(21-3)9(6-14)15-7-8/h5,7,19H,4H2,1-3H3,(H,16,17). The molecule has 2 N–H and O–H groups in total. The van der Waals surface area contributed by atoms with Crippen molar-refractivity contribution < 1.29 is 19.4 Å². The SMILES string of the molecule is CCOC(=O)C(C)(O)C(=O)Nc1cnc(C#N)c([Se]C)c1. The van der Waals surface area contributed by atoms with Crippen LogP contribution in [0.2, 0.25) is 5.82 Å². The van der Waals surface area contributed by atoms with Gasteiger partial charge >= 0.3 is 128 Å². The van der Waals surface area contributed by atoms with E-state index in [1.807, 2.05) is 11.9 Å². The number of nitrogens with one attached hydrogen (secondary N) is 1. The van der Waals surface area contributed by atoms with Gasteiger partial charge < -0.3 is 0 Å². The Balaban J connectivity index is 2.93. The molecule has 0 aliphatic heterocycles. The summed E-state index contributed by atoms with van der Waals surface area (Å²) >= 11 is 0.0163. The molecule has 1 aromatic heterocycles. The summed E-state index contributed by atoms with van der Waals surface area (Å²) in [5, 5.41) is 21.2. The molecule has 0 saturated heterocycles. The van der Waals surface area contributed by atoms with Crippen LogP contribution in [0.4, 0.5) is 5.69 Å². The van der Waals surface area contributed by atoms with Crippen LogP contribution in [0.3, 0.4) is 0 Å². The van der Waals surface area contributed by atoms with Gasteiger partial charge in [0.2, 0.25) is 0 Å². The third kappa shape index (κ3) is 4.02. The van der Waals surface area contributed by atoms with E-state index >= 15 is 0 Å². The molecule has 0 aliphatic carbocycles. The van der Waals surface area contributed by atoms with Gasteiger partial charge in [0.05, 0.1) is 0 Å². The molecule has 0 aromatic carbocycles. The van der Waals surface area contributed by atoms with Crippen LogP contribution < -0.4 is 9.78 Å². The summed E-state index contributed by atoms with van der Waals surface area (Å²) < 4.78 is 5.36. The van der Waals surface area contributed by atoms with Crippen LogP contribution in [-0.4, -0.2) is 49.1 Å². The molecule has 0 bridgehead atoms. The number of aromatic nitrogens is 1. The van der Waals surface area contributed by atoms with Gasteiger partial charge in [0.1, 0.15) is 0 Å². The molecule has 1 rings (SSSR count). The first-order valence-corrected chi connectivity index (χ1v) is 8.59. The molecule has 1 heterocycles. The fraction of sp³-hybridized carbons (Fsp3) is 0.385. The van der Waals surface area contributed by atoms with E-state index in [1.54, 1.807) is 13.0 Å². The van der Waals surface area contributed by atoms with E-state index in [-0.39, 0.29) is 21.6 Å². The Hall–Kier alpha value is -1.94. The quantitative estimate of drug-likeness (QED) is 0.421. The first-order valence-electron chi connectivity index (χ1n) is 6.02. The van der Waals surface area contributed by atoms with Crippen molar-refractivity contribution in [1.29, 1.82) is 5.26 Å². The van der Waals surface area contributed by atoms with Gasteiger partial charge in [-0.1, -0.05) is 0 Å². The number of carbonyl (C=O) groups is 2. The second-order valence-electron chi connectivity index (χ2n) is 4.13. The Morgan fingerprint density at radius 1 is 1.62 bits per heavy atom. The van der Waals surface area contributed by atoms with Crippen LogP contribution in [0, 0.1) is 11.3 Å². The molecule has 21 heavy (non-hydrogen) atoms. The summed E-state index contributed by atoms with van der Waals surface area (Å²) in [5.41, 5.74) is -1.68. The van der Waals surface area contributed by atoms with Crippen molar-refractivity contribution in [2.24, 2.45) is 0 Å². The van der Waals surface area contributed by atoms with Crippen molar-refractivity contribution in [2.45, 2.75) is 25.3 Å². The number of carbonyl (C=O) groups excluding carboxylic acids is 2. The van der Waals surface area contributed by atoms with Crippen LogP contribution in [-0.2, 0) is 14.3 Å². The number of nitrogens with zero attached hydrogens (tertiary/aromatic N) is 2. The summed E-state index contributed by atoms with van der Waals surface area (Å²) in [6.45, 7) is 2.69. The van der Waals surface area contributed by atoms with Crippen LogP contribution in [0.25, 0.3) is 0 Å². The van der Waals surface area contributed by atoms with E-state index in [9.17, 15) is 14.7 Å². The predicted molar refractivity (Wildman–Crippen MR) is 76.1 cm³/mol. The molecule has 0 saturated carbocycles. The van der Waals surface area contributed by atoms with Crippen LogP contribution in [0.15, 0.2) is 12.3 Å². The third-order valence-electron chi connectivity index (χ3n) is 2.55. The fourth-order valence-corrected chi connectivity index (χ4v) is 2.50. The Labute approximate surface area is 128 Å². The summed E-state index contributed by atoms with van der Waals surface area (Å²) in [5.74, 6) is -0.0309. The number of nitriles is 1. The minimum atomic E-state index is -2.29. The van der Waals surface area contributed by atoms with Crippen molar-refractivity contribution in [3.8, 4) is 6.07 Å². The molecular formula is C13H15N3O4Se. The van der Waals surface area contributed by atoms with E-state index in [0.717, 1.165) is 11.4 Å². The molecule has 7 nitrogen and oxygen atoms in total. The molecule has 1 aromatic rings. The Morgan fingerprint density at radius 3 is 2.81 bits per heavy atom. The first kappa shape index (κ1) is 17.1. The molecular weight excluding hydrogens is 341 g/mol. The number of esters is 1. The first-order chi connectivity index (χ1) is 9.86. The zero-order chi connectivity index (χ0) is 16.0. The van der Waals surface area contributed by atoms with Gasteiger partial charge in [-0.15, -0.1) is 0 Å². The number of aliphatic hydroxyl groups is 1. The van der Waals surface area contributed by atoms with E-state index in [1.165, 1.54) is 6.20 Å². The summed E-state index contributed by atoms with van der Waals surface area (Å²) in [7, 11) is 0. The molecule has 1 amide bonds. The molecule has 1 atom stereocenters. The monoisotopic (exact) mass is 357 g/mol. The van der Waals surface area contributed by atoms with Crippen molar-refractivity contribution >= 4 is 37.0 Å². The molecule has 0 aliphatic rings.